The number of Topliss-reactive ketones (excluding diaryl/α,β-unsaturated/α-hetero) is 1. The zero-order chi connectivity index (χ0) is 34.5. The largest absolute Gasteiger partial charge is 0.317 e. The fraction of sp³-hybridized carbons (Fsp3) is 0.644. The molecule has 4 heteroatoms. The molecule has 2 heterocycles. The Morgan fingerprint density at radius 1 is 0.694 bits per heavy atom. The van der Waals surface area contributed by atoms with E-state index >= 15 is 0 Å². The monoisotopic (exact) mass is 675 g/mol. The Balaban J connectivity index is 0.000000409. The Kier molecular flexibility index (Phi) is 27.5. The zero-order valence-electron chi connectivity index (χ0n) is 30.9. The van der Waals surface area contributed by atoms with Gasteiger partial charge in [-0.2, -0.15) is 0 Å². The number of carbonyl (C=O) groups is 2. The van der Waals surface area contributed by atoms with Crippen LogP contribution in [0.15, 0.2) is 73.3 Å². The van der Waals surface area contributed by atoms with Crippen molar-refractivity contribution in [3.05, 3.63) is 84.4 Å². The van der Waals surface area contributed by atoms with Gasteiger partial charge in [-0.1, -0.05) is 127 Å². The van der Waals surface area contributed by atoms with Gasteiger partial charge in [0.15, 0.2) is 5.78 Å². The smallest absolute Gasteiger partial charge is 0.155 e. The van der Waals surface area contributed by atoms with E-state index in [1.807, 2.05) is 0 Å². The molecule has 0 aromatic heterocycles. The molecular weight excluding hydrogens is 601 g/mol. The van der Waals surface area contributed by atoms with Crippen molar-refractivity contribution in [2.45, 2.75) is 143 Å². The normalized spacial score (nSPS) is 15.1. The van der Waals surface area contributed by atoms with Crippen LogP contribution in [0, 0.1) is 11.8 Å². The van der Waals surface area contributed by atoms with Gasteiger partial charge in [0.2, 0.25) is 0 Å². The number of allylic oxidation sites excluding steroid dienone is 1. The Hall–Kier alpha value is -2.56. The summed E-state index contributed by atoms with van der Waals surface area (Å²) in [7, 11) is 0. The van der Waals surface area contributed by atoms with Crippen LogP contribution in [0.25, 0.3) is 0 Å². The van der Waals surface area contributed by atoms with Crippen LogP contribution in [0.1, 0.15) is 142 Å². The number of hydrogen-bond acceptors (Lipinski definition) is 4. The van der Waals surface area contributed by atoms with E-state index in [1.165, 1.54) is 127 Å². The van der Waals surface area contributed by atoms with Crippen LogP contribution in [0.3, 0.4) is 0 Å². The number of likely N-dealkylation sites (tertiary alicyclic amines) is 1. The lowest BCUT2D eigenvalue weighted by Gasteiger charge is -2.31. The molecule has 2 aliphatic rings. The van der Waals surface area contributed by atoms with Crippen LogP contribution in [-0.4, -0.2) is 49.2 Å². The third-order valence-corrected chi connectivity index (χ3v) is 10.0. The number of nitrogens with zero attached hydrogens (tertiary/aromatic N) is 1. The van der Waals surface area contributed by atoms with Gasteiger partial charge in [-0.25, -0.2) is 0 Å². The molecule has 0 amide bonds. The predicted octanol–water partition coefficient (Wildman–Crippen LogP) is 11.2. The van der Waals surface area contributed by atoms with E-state index in [0.29, 0.717) is 12.2 Å². The molecule has 2 aromatic rings. The molecule has 49 heavy (non-hydrogen) atoms. The molecule has 0 unspecified atom stereocenters. The highest BCUT2D eigenvalue weighted by Gasteiger charge is 2.19. The van der Waals surface area contributed by atoms with Gasteiger partial charge >= 0.3 is 0 Å². The first-order valence-corrected chi connectivity index (χ1v) is 19.7. The highest BCUT2D eigenvalue weighted by Crippen LogP contribution is 2.23. The van der Waals surface area contributed by atoms with Crippen LogP contribution in [-0.2, 0) is 22.4 Å². The maximum absolute atomic E-state index is 11.9. The highest BCUT2D eigenvalue weighted by atomic mass is 16.1. The molecule has 2 saturated heterocycles. The Morgan fingerprint density at radius 2 is 1.18 bits per heavy atom. The molecule has 0 aliphatic carbocycles. The molecule has 2 aliphatic heterocycles. The summed E-state index contributed by atoms with van der Waals surface area (Å²) >= 11 is 0. The number of rotatable bonds is 20. The molecule has 4 rings (SSSR count). The van der Waals surface area contributed by atoms with Gasteiger partial charge in [0.1, 0.15) is 5.78 Å². The summed E-state index contributed by atoms with van der Waals surface area (Å²) in [5, 5.41) is 3.42. The summed E-state index contributed by atoms with van der Waals surface area (Å²) in [6.07, 6.45) is 23.8. The number of nitrogens with one attached hydrogen (secondary N) is 1. The molecule has 2 aromatic carbocycles. The standard InChI is InChI=1S/C22H35NO.C14H21N.C8H14O.CH4/c1-2-3-5-13-22(24)16-19-23-17-14-21(15-18-23)12-8-11-20-9-6-4-7-10-20;1-2-5-13(6-3-1)7-4-8-14-9-11-15-12-10-14;1-3-5-6-7-8(9)4-2;/h4,6-7,9-10,21H,2-3,5,8,11-19H2,1H3;1-3,5-6,14-15H,4,7-12H2;4H,2-3,5-7H2,1H3;1H4. The predicted molar refractivity (Wildman–Crippen MR) is 213 cm³/mol. The molecule has 4 nitrogen and oxygen atoms in total. The van der Waals surface area contributed by atoms with Crippen LogP contribution >= 0.6 is 0 Å². The second kappa shape index (κ2) is 30.3. The first-order valence-electron chi connectivity index (χ1n) is 19.7. The van der Waals surface area contributed by atoms with Gasteiger partial charge in [0, 0.05) is 25.8 Å². The van der Waals surface area contributed by atoms with Crippen LogP contribution in [0.2, 0.25) is 0 Å². The second-order valence-corrected chi connectivity index (χ2v) is 14.1. The van der Waals surface area contributed by atoms with Crippen molar-refractivity contribution in [1.82, 2.24) is 10.2 Å². The van der Waals surface area contributed by atoms with Gasteiger partial charge in [0.25, 0.3) is 0 Å². The third-order valence-electron chi connectivity index (χ3n) is 10.0. The molecule has 0 spiro atoms. The van der Waals surface area contributed by atoms with Crippen molar-refractivity contribution in [1.29, 1.82) is 0 Å². The van der Waals surface area contributed by atoms with Gasteiger partial charge < -0.3 is 10.2 Å². The highest BCUT2D eigenvalue weighted by molar-refractivity contribution is 5.88. The fourth-order valence-electron chi connectivity index (χ4n) is 6.78. The topological polar surface area (TPSA) is 49.4 Å². The minimum Gasteiger partial charge on any atom is -0.317 e. The van der Waals surface area contributed by atoms with E-state index in [0.717, 1.165) is 50.5 Å². The zero-order valence-corrected chi connectivity index (χ0v) is 30.9. The molecule has 0 atom stereocenters. The molecule has 2 fully saturated rings. The van der Waals surface area contributed by atoms with Crippen LogP contribution in [0.4, 0.5) is 0 Å². The number of ketones is 2. The molecule has 1 N–H and O–H groups in total. The molecule has 0 radical (unpaired) electrons. The maximum Gasteiger partial charge on any atom is 0.155 e. The second-order valence-electron chi connectivity index (χ2n) is 14.1. The molecule has 276 valence electrons. The first-order chi connectivity index (χ1) is 23.5. The number of aryl methyl sites for hydroxylation is 2. The SMILES string of the molecule is C.C=CC(=O)CCCCC.CCCCCC(=O)CCN1CCC(CCCc2ccccc2)CC1.c1ccc(CCCC2CCNCC2)cc1. The average Bonchev–Trinajstić information content (AvgIpc) is 3.13. The van der Waals surface area contributed by atoms with Crippen LogP contribution in [0.5, 0.6) is 0 Å². The van der Waals surface area contributed by atoms with Gasteiger partial charge in [-0.3, -0.25) is 9.59 Å². The lowest BCUT2D eigenvalue weighted by molar-refractivity contribution is -0.119. The van der Waals surface area contributed by atoms with E-state index < -0.39 is 0 Å². The van der Waals surface area contributed by atoms with E-state index in [9.17, 15) is 9.59 Å². The summed E-state index contributed by atoms with van der Waals surface area (Å²) < 4.78 is 0. The van der Waals surface area contributed by atoms with Crippen molar-refractivity contribution >= 4 is 11.6 Å². The van der Waals surface area contributed by atoms with Gasteiger partial charge in [0.05, 0.1) is 0 Å². The van der Waals surface area contributed by atoms with Gasteiger partial charge in [-0.15, -0.1) is 0 Å². The Bertz CT molecular complexity index is 1060. The van der Waals surface area contributed by atoms with Crippen LogP contribution < -0.4 is 5.32 Å². The Morgan fingerprint density at radius 3 is 1.67 bits per heavy atom. The third kappa shape index (κ3) is 23.5. The number of piperidine rings is 2. The molecular formula is C45H74N2O2. The maximum atomic E-state index is 11.9. The van der Waals surface area contributed by atoms with Crippen molar-refractivity contribution in [3.8, 4) is 0 Å². The number of carbonyl (C=O) groups excluding carboxylic acids is 2. The van der Waals surface area contributed by atoms with E-state index in [2.05, 4.69) is 91.3 Å². The number of hydrogen-bond donors (Lipinski definition) is 1. The summed E-state index contributed by atoms with van der Waals surface area (Å²) in [4.78, 5) is 24.9. The first kappa shape index (κ1) is 44.5. The number of benzene rings is 2. The average molecular weight is 675 g/mol. The minimum atomic E-state index is 0. The minimum absolute atomic E-state index is 0. The van der Waals surface area contributed by atoms with E-state index in [-0.39, 0.29) is 13.2 Å². The van der Waals surface area contributed by atoms with Gasteiger partial charge in [-0.05, 0) is 119 Å². The molecule has 0 saturated carbocycles. The van der Waals surface area contributed by atoms with E-state index in [4.69, 9.17) is 0 Å². The number of unbranched alkanes of at least 4 members (excludes halogenated alkanes) is 4. The molecule has 0 bridgehead atoms. The van der Waals surface area contributed by atoms with E-state index in [1.54, 1.807) is 0 Å². The van der Waals surface area contributed by atoms with Crippen molar-refractivity contribution < 1.29 is 9.59 Å². The van der Waals surface area contributed by atoms with Crippen molar-refractivity contribution in [2.24, 2.45) is 11.8 Å². The summed E-state index contributed by atoms with van der Waals surface area (Å²) in [6, 6.07) is 21.7. The lowest BCUT2D eigenvalue weighted by atomic mass is 9.90. The fourth-order valence-corrected chi connectivity index (χ4v) is 6.78. The summed E-state index contributed by atoms with van der Waals surface area (Å²) in [6.45, 7) is 13.5. The summed E-state index contributed by atoms with van der Waals surface area (Å²) in [5.41, 5.74) is 2.96. The summed E-state index contributed by atoms with van der Waals surface area (Å²) in [5.74, 6) is 2.51. The Labute approximate surface area is 302 Å². The van der Waals surface area contributed by atoms with Crippen molar-refractivity contribution in [2.75, 3.05) is 32.7 Å². The quantitative estimate of drug-likeness (QED) is 0.112. The lowest BCUT2D eigenvalue weighted by Crippen LogP contribution is -2.35. The van der Waals surface area contributed by atoms with Crippen molar-refractivity contribution in [3.63, 3.8) is 0 Å².